The molecule has 0 radical (unpaired) electrons. The van der Waals surface area contributed by atoms with E-state index in [1.54, 1.807) is 11.7 Å². The number of alkyl halides is 3. The molecule has 0 aromatic carbocycles. The van der Waals surface area contributed by atoms with E-state index in [1.807, 2.05) is 13.0 Å². The van der Waals surface area contributed by atoms with Gasteiger partial charge >= 0.3 is 6.18 Å². The molecule has 1 aliphatic rings. The molecule has 0 unspecified atom stereocenters. The summed E-state index contributed by atoms with van der Waals surface area (Å²) in [6, 6.07) is 1.84. The molecule has 0 bridgehead atoms. The van der Waals surface area contributed by atoms with Crippen LogP contribution in [-0.4, -0.2) is 35.5 Å². The van der Waals surface area contributed by atoms with Gasteiger partial charge in [0.05, 0.1) is 5.92 Å². The smallest absolute Gasteiger partial charge is 0.368 e. The molecule has 1 aliphatic carbocycles. The zero-order valence-electron chi connectivity index (χ0n) is 13.4. The van der Waals surface area contributed by atoms with Crippen LogP contribution >= 0.6 is 0 Å². The molecule has 1 aromatic heterocycles. The SMILES string of the molecule is CNC(=O)Cn1nc(NCC2CCC(C(F)(F)F)CC2)cc1C. The van der Waals surface area contributed by atoms with E-state index in [4.69, 9.17) is 0 Å². The molecule has 0 spiro atoms. The lowest BCUT2D eigenvalue weighted by molar-refractivity contribution is -0.183. The third-order valence-electron chi connectivity index (χ3n) is 4.43. The molecule has 2 N–H and O–H groups in total. The van der Waals surface area contributed by atoms with Gasteiger partial charge in [-0.05, 0) is 38.5 Å². The first-order valence-corrected chi connectivity index (χ1v) is 7.85. The summed E-state index contributed by atoms with van der Waals surface area (Å²) in [5.74, 6) is -0.386. The van der Waals surface area contributed by atoms with E-state index >= 15 is 0 Å². The highest BCUT2D eigenvalue weighted by Crippen LogP contribution is 2.39. The summed E-state index contributed by atoms with van der Waals surface area (Å²) >= 11 is 0. The number of amides is 1. The number of hydrogen-bond acceptors (Lipinski definition) is 3. The summed E-state index contributed by atoms with van der Waals surface area (Å²) in [4.78, 5) is 11.4. The Morgan fingerprint density at radius 2 is 2.00 bits per heavy atom. The maximum atomic E-state index is 12.6. The second-order valence-corrected chi connectivity index (χ2v) is 6.14. The average molecular weight is 332 g/mol. The maximum absolute atomic E-state index is 12.6. The Bertz CT molecular complexity index is 533. The number of rotatable bonds is 5. The van der Waals surface area contributed by atoms with Crippen LogP contribution in [0.15, 0.2) is 6.07 Å². The Morgan fingerprint density at radius 3 is 2.57 bits per heavy atom. The average Bonchev–Trinajstić information content (AvgIpc) is 2.84. The summed E-state index contributed by atoms with van der Waals surface area (Å²) in [7, 11) is 1.57. The van der Waals surface area contributed by atoms with Crippen LogP contribution in [0.4, 0.5) is 19.0 Å². The number of nitrogens with zero attached hydrogens (tertiary/aromatic N) is 2. The molecule has 130 valence electrons. The minimum atomic E-state index is -4.06. The fourth-order valence-corrected chi connectivity index (χ4v) is 2.91. The number of halogens is 3. The molecule has 0 atom stereocenters. The van der Waals surface area contributed by atoms with Crippen LogP contribution in [0.3, 0.4) is 0 Å². The second-order valence-electron chi connectivity index (χ2n) is 6.14. The molecule has 0 saturated heterocycles. The van der Waals surface area contributed by atoms with Gasteiger partial charge in [0.15, 0.2) is 0 Å². The third kappa shape index (κ3) is 4.87. The van der Waals surface area contributed by atoms with Crippen molar-refractivity contribution in [3.63, 3.8) is 0 Å². The molecule has 23 heavy (non-hydrogen) atoms. The molecule has 5 nitrogen and oxygen atoms in total. The topological polar surface area (TPSA) is 59.0 Å². The number of aryl methyl sites for hydroxylation is 1. The Labute approximate surface area is 133 Å². The van der Waals surface area contributed by atoms with Crippen LogP contribution in [0.5, 0.6) is 0 Å². The zero-order chi connectivity index (χ0) is 17.0. The van der Waals surface area contributed by atoms with Crippen molar-refractivity contribution in [2.45, 2.75) is 45.3 Å². The van der Waals surface area contributed by atoms with Gasteiger partial charge in [0.1, 0.15) is 12.4 Å². The summed E-state index contributed by atoms with van der Waals surface area (Å²) in [6.07, 6.45) is -2.49. The molecule has 2 rings (SSSR count). The number of nitrogens with one attached hydrogen (secondary N) is 2. The minimum absolute atomic E-state index is 0.131. The van der Waals surface area contributed by atoms with Crippen molar-refractivity contribution in [2.75, 3.05) is 18.9 Å². The van der Waals surface area contributed by atoms with Crippen LogP contribution in [0, 0.1) is 18.8 Å². The van der Waals surface area contributed by atoms with Crippen molar-refractivity contribution in [3.05, 3.63) is 11.8 Å². The van der Waals surface area contributed by atoms with Crippen LogP contribution in [0.2, 0.25) is 0 Å². The van der Waals surface area contributed by atoms with E-state index in [2.05, 4.69) is 15.7 Å². The van der Waals surface area contributed by atoms with E-state index < -0.39 is 12.1 Å². The molecule has 1 heterocycles. The lowest BCUT2D eigenvalue weighted by Crippen LogP contribution is -2.29. The van der Waals surface area contributed by atoms with Gasteiger partial charge in [0.25, 0.3) is 0 Å². The van der Waals surface area contributed by atoms with Gasteiger partial charge in [0.2, 0.25) is 5.91 Å². The Kier molecular flexibility index (Phi) is 5.54. The number of carbonyl (C=O) groups excluding carboxylic acids is 1. The standard InChI is InChI=1S/C15H23F3N4O/c1-10-7-13(21-22(10)9-14(23)19-2)20-8-11-3-5-12(6-4-11)15(16,17)18/h7,11-12H,3-6,8-9H2,1-2H3,(H,19,23)(H,20,21). The molecule has 1 saturated carbocycles. The van der Waals surface area contributed by atoms with Crippen molar-refractivity contribution in [2.24, 2.45) is 11.8 Å². The molecule has 0 aliphatic heterocycles. The van der Waals surface area contributed by atoms with Crippen LogP contribution in [0.1, 0.15) is 31.4 Å². The molecule has 1 fully saturated rings. The molecule has 1 amide bonds. The van der Waals surface area contributed by atoms with Gasteiger partial charge in [-0.25, -0.2) is 0 Å². The Morgan fingerprint density at radius 1 is 1.35 bits per heavy atom. The highest BCUT2D eigenvalue weighted by Gasteiger charge is 2.41. The largest absolute Gasteiger partial charge is 0.391 e. The van der Waals surface area contributed by atoms with Gasteiger partial charge in [-0.1, -0.05) is 0 Å². The van der Waals surface area contributed by atoms with Gasteiger partial charge in [-0.2, -0.15) is 18.3 Å². The second kappa shape index (κ2) is 7.23. The van der Waals surface area contributed by atoms with E-state index in [9.17, 15) is 18.0 Å². The number of likely N-dealkylation sites (N-methyl/N-ethyl adjacent to an activating group) is 1. The normalized spacial score (nSPS) is 22.0. The fraction of sp³-hybridized carbons (Fsp3) is 0.733. The fourth-order valence-electron chi connectivity index (χ4n) is 2.91. The predicted octanol–water partition coefficient (Wildman–Crippen LogP) is 2.72. The van der Waals surface area contributed by atoms with Crippen molar-refractivity contribution in [1.82, 2.24) is 15.1 Å². The zero-order valence-corrected chi connectivity index (χ0v) is 13.4. The number of anilines is 1. The number of hydrogen-bond donors (Lipinski definition) is 2. The van der Waals surface area contributed by atoms with Gasteiger partial charge in [-0.3, -0.25) is 9.48 Å². The first-order valence-electron chi connectivity index (χ1n) is 7.85. The van der Waals surface area contributed by atoms with Crippen molar-refractivity contribution >= 4 is 11.7 Å². The summed E-state index contributed by atoms with van der Waals surface area (Å²) in [5.41, 5.74) is 0.858. The molecule has 8 heteroatoms. The maximum Gasteiger partial charge on any atom is 0.391 e. The molecular weight excluding hydrogens is 309 g/mol. The monoisotopic (exact) mass is 332 g/mol. The third-order valence-corrected chi connectivity index (χ3v) is 4.43. The van der Waals surface area contributed by atoms with Crippen molar-refractivity contribution < 1.29 is 18.0 Å². The highest BCUT2D eigenvalue weighted by molar-refractivity contribution is 5.75. The van der Waals surface area contributed by atoms with E-state index in [0.717, 1.165) is 5.69 Å². The highest BCUT2D eigenvalue weighted by atomic mass is 19.4. The van der Waals surface area contributed by atoms with E-state index in [-0.39, 0.29) is 31.2 Å². The van der Waals surface area contributed by atoms with Gasteiger partial charge < -0.3 is 10.6 Å². The molecule has 1 aromatic rings. The first-order chi connectivity index (χ1) is 10.8. The first kappa shape index (κ1) is 17.6. The van der Waals surface area contributed by atoms with E-state index in [0.29, 0.717) is 25.2 Å². The van der Waals surface area contributed by atoms with Gasteiger partial charge in [-0.15, -0.1) is 0 Å². The van der Waals surface area contributed by atoms with Crippen molar-refractivity contribution in [3.8, 4) is 0 Å². The summed E-state index contributed by atoms with van der Waals surface area (Å²) < 4.78 is 39.5. The van der Waals surface area contributed by atoms with Crippen LogP contribution in [-0.2, 0) is 11.3 Å². The Hall–Kier alpha value is -1.73. The van der Waals surface area contributed by atoms with E-state index in [1.165, 1.54) is 0 Å². The molecular formula is C15H23F3N4O. The lowest BCUT2D eigenvalue weighted by atomic mass is 9.81. The van der Waals surface area contributed by atoms with Gasteiger partial charge in [0, 0.05) is 25.4 Å². The van der Waals surface area contributed by atoms with Crippen LogP contribution < -0.4 is 10.6 Å². The summed E-state index contributed by atoms with van der Waals surface area (Å²) in [5, 5.41) is 10.0. The lowest BCUT2D eigenvalue weighted by Gasteiger charge is -2.29. The number of aromatic nitrogens is 2. The minimum Gasteiger partial charge on any atom is -0.368 e. The summed E-state index contributed by atoms with van der Waals surface area (Å²) in [6.45, 7) is 2.62. The van der Waals surface area contributed by atoms with Crippen LogP contribution in [0.25, 0.3) is 0 Å². The number of carbonyl (C=O) groups is 1. The van der Waals surface area contributed by atoms with Crippen molar-refractivity contribution in [1.29, 1.82) is 0 Å². The quantitative estimate of drug-likeness (QED) is 0.872. The Balaban J connectivity index is 1.81. The predicted molar refractivity (Wildman–Crippen MR) is 81.0 cm³/mol.